The molecule has 0 bridgehead atoms. The maximum absolute atomic E-state index is 10.9. The van der Waals surface area contributed by atoms with Crippen molar-refractivity contribution in [2.75, 3.05) is 0 Å². The Morgan fingerprint density at radius 2 is 2.21 bits per heavy atom. The first kappa shape index (κ1) is 11.8. The fourth-order valence-electron chi connectivity index (χ4n) is 2.13. The van der Waals surface area contributed by atoms with E-state index >= 15 is 0 Å². The number of aromatic nitrogens is 3. The lowest BCUT2D eigenvalue weighted by Gasteiger charge is -2.00. The summed E-state index contributed by atoms with van der Waals surface area (Å²) in [7, 11) is 1.89. The van der Waals surface area contributed by atoms with Gasteiger partial charge in [0, 0.05) is 29.0 Å². The van der Waals surface area contributed by atoms with Crippen molar-refractivity contribution in [3.8, 4) is 11.4 Å². The van der Waals surface area contributed by atoms with Gasteiger partial charge in [0.2, 0.25) is 0 Å². The predicted octanol–water partition coefficient (Wildman–Crippen LogP) is 2.92. The van der Waals surface area contributed by atoms with Crippen molar-refractivity contribution in [3.05, 3.63) is 41.0 Å². The predicted molar refractivity (Wildman–Crippen MR) is 72.5 cm³/mol. The van der Waals surface area contributed by atoms with Gasteiger partial charge in [0.25, 0.3) is 0 Å². The molecule has 0 unspecified atom stereocenters. The molecule has 0 saturated carbocycles. The monoisotopic (exact) mass is 275 g/mol. The van der Waals surface area contributed by atoms with E-state index < -0.39 is 5.97 Å². The number of halogens is 1. The third-order valence-electron chi connectivity index (χ3n) is 3.10. The van der Waals surface area contributed by atoms with Gasteiger partial charge in [-0.3, -0.25) is 5.10 Å². The van der Waals surface area contributed by atoms with E-state index in [2.05, 4.69) is 10.2 Å². The highest BCUT2D eigenvalue weighted by atomic mass is 35.5. The van der Waals surface area contributed by atoms with Crippen LogP contribution in [-0.4, -0.2) is 25.8 Å². The van der Waals surface area contributed by atoms with Crippen molar-refractivity contribution in [2.45, 2.75) is 0 Å². The van der Waals surface area contributed by atoms with E-state index in [0.717, 1.165) is 16.6 Å². The molecule has 3 rings (SSSR count). The number of nitrogens with one attached hydrogen (secondary N) is 1. The van der Waals surface area contributed by atoms with Crippen LogP contribution in [0.25, 0.3) is 22.3 Å². The zero-order chi connectivity index (χ0) is 13.6. The molecule has 0 aliphatic heterocycles. The van der Waals surface area contributed by atoms with E-state index in [9.17, 15) is 4.79 Å². The second-order valence-electron chi connectivity index (χ2n) is 4.23. The van der Waals surface area contributed by atoms with Gasteiger partial charge < -0.3 is 9.67 Å². The quantitative estimate of drug-likeness (QED) is 0.755. The number of nitrogens with zero attached hydrogens (tertiary/aromatic N) is 2. The molecule has 2 heterocycles. The number of carboxylic acids is 1. The lowest BCUT2D eigenvalue weighted by Crippen LogP contribution is -1.95. The zero-order valence-electron chi connectivity index (χ0n) is 10.0. The molecule has 0 amide bonds. The summed E-state index contributed by atoms with van der Waals surface area (Å²) in [4.78, 5) is 10.9. The summed E-state index contributed by atoms with van der Waals surface area (Å²) in [5.41, 5.74) is 2.42. The van der Waals surface area contributed by atoms with Gasteiger partial charge in [0.05, 0.1) is 5.69 Å². The van der Waals surface area contributed by atoms with Crippen LogP contribution in [0.3, 0.4) is 0 Å². The van der Waals surface area contributed by atoms with Gasteiger partial charge in [0.15, 0.2) is 0 Å². The molecule has 19 heavy (non-hydrogen) atoms. The van der Waals surface area contributed by atoms with Gasteiger partial charge in [-0.25, -0.2) is 4.79 Å². The number of aromatic carboxylic acids is 1. The Balaban J connectivity index is 2.22. The Morgan fingerprint density at radius 3 is 2.84 bits per heavy atom. The highest BCUT2D eigenvalue weighted by Crippen LogP contribution is 2.30. The lowest BCUT2D eigenvalue weighted by atomic mass is 10.2. The molecule has 6 heteroatoms. The van der Waals surface area contributed by atoms with Crippen LogP contribution in [0.2, 0.25) is 5.02 Å². The second kappa shape index (κ2) is 4.13. The smallest absolute Gasteiger partial charge is 0.353 e. The molecular formula is C13H10ClN3O2. The number of aryl methyl sites for hydroxylation is 1. The zero-order valence-corrected chi connectivity index (χ0v) is 10.8. The van der Waals surface area contributed by atoms with E-state index in [4.69, 9.17) is 16.7 Å². The van der Waals surface area contributed by atoms with Crippen LogP contribution in [0.5, 0.6) is 0 Å². The first-order chi connectivity index (χ1) is 9.08. The third-order valence-corrected chi connectivity index (χ3v) is 3.43. The largest absolute Gasteiger partial charge is 0.477 e. The molecule has 0 saturated heterocycles. The average molecular weight is 276 g/mol. The second-order valence-corrected chi connectivity index (χ2v) is 4.64. The number of hydrogen-bond donors (Lipinski definition) is 2. The minimum Gasteiger partial charge on any atom is -0.477 e. The van der Waals surface area contributed by atoms with Crippen LogP contribution in [0, 0.1) is 0 Å². The number of rotatable bonds is 2. The lowest BCUT2D eigenvalue weighted by molar-refractivity contribution is 0.0690. The number of carboxylic acid groups (broad SMARTS) is 1. The molecule has 0 spiro atoms. The van der Waals surface area contributed by atoms with Crippen LogP contribution in [-0.2, 0) is 7.05 Å². The molecule has 3 aromatic rings. The molecule has 0 atom stereocenters. The Labute approximate surface area is 113 Å². The molecule has 0 aliphatic carbocycles. The highest BCUT2D eigenvalue weighted by molar-refractivity contribution is 6.35. The number of hydrogen-bond acceptors (Lipinski definition) is 2. The SMILES string of the molecule is Cn1c(-c2cc(C(=O)O)[nH]n2)cc2c(Cl)cccc21. The number of benzene rings is 1. The Kier molecular flexibility index (Phi) is 2.57. The number of aromatic amines is 1. The van der Waals surface area contributed by atoms with E-state index in [1.165, 1.54) is 6.07 Å². The van der Waals surface area contributed by atoms with Crippen LogP contribution in [0.15, 0.2) is 30.3 Å². The minimum atomic E-state index is -1.03. The molecule has 2 N–H and O–H groups in total. The van der Waals surface area contributed by atoms with E-state index in [1.54, 1.807) is 0 Å². The average Bonchev–Trinajstić information content (AvgIpc) is 2.96. The van der Waals surface area contributed by atoms with Gasteiger partial charge in [-0.15, -0.1) is 0 Å². The van der Waals surface area contributed by atoms with Crippen molar-refractivity contribution in [2.24, 2.45) is 7.05 Å². The first-order valence-electron chi connectivity index (χ1n) is 5.61. The van der Waals surface area contributed by atoms with Crippen molar-refractivity contribution >= 4 is 28.5 Å². The maximum Gasteiger partial charge on any atom is 0.353 e. The van der Waals surface area contributed by atoms with Gasteiger partial charge in [-0.2, -0.15) is 5.10 Å². The highest BCUT2D eigenvalue weighted by Gasteiger charge is 2.14. The summed E-state index contributed by atoms with van der Waals surface area (Å²) in [6, 6.07) is 9.06. The summed E-state index contributed by atoms with van der Waals surface area (Å²) in [6.07, 6.45) is 0. The topological polar surface area (TPSA) is 70.9 Å². The van der Waals surface area contributed by atoms with Crippen LogP contribution >= 0.6 is 11.6 Å². The van der Waals surface area contributed by atoms with Crippen LogP contribution in [0.1, 0.15) is 10.5 Å². The van der Waals surface area contributed by atoms with E-state index in [0.29, 0.717) is 10.7 Å². The summed E-state index contributed by atoms with van der Waals surface area (Å²) in [6.45, 7) is 0. The Bertz CT molecular complexity index is 788. The molecule has 5 nitrogen and oxygen atoms in total. The van der Waals surface area contributed by atoms with Crippen molar-refractivity contribution in [1.82, 2.24) is 14.8 Å². The van der Waals surface area contributed by atoms with Crippen molar-refractivity contribution in [1.29, 1.82) is 0 Å². The standard InChI is InChI=1S/C13H10ClN3O2/c1-17-11-4-2-3-8(14)7(11)5-12(17)9-6-10(13(18)19)16-15-9/h2-6H,1H3,(H,15,16)(H,18,19). The summed E-state index contributed by atoms with van der Waals surface area (Å²) in [5, 5.41) is 17.0. The maximum atomic E-state index is 10.9. The van der Waals surface area contributed by atoms with Crippen molar-refractivity contribution < 1.29 is 9.90 Å². The van der Waals surface area contributed by atoms with Crippen molar-refractivity contribution in [3.63, 3.8) is 0 Å². The molecule has 1 aromatic carbocycles. The molecular weight excluding hydrogens is 266 g/mol. The number of H-pyrrole nitrogens is 1. The fraction of sp³-hybridized carbons (Fsp3) is 0.0769. The summed E-state index contributed by atoms with van der Waals surface area (Å²) < 4.78 is 1.93. The molecule has 0 aliphatic rings. The van der Waals surface area contributed by atoms with Gasteiger partial charge >= 0.3 is 5.97 Å². The van der Waals surface area contributed by atoms with E-state index in [1.807, 2.05) is 35.9 Å². The number of fused-ring (bicyclic) bond motifs is 1. The van der Waals surface area contributed by atoms with Gasteiger partial charge in [0.1, 0.15) is 11.4 Å². The molecule has 0 fully saturated rings. The first-order valence-corrected chi connectivity index (χ1v) is 5.99. The summed E-state index contributed by atoms with van der Waals surface area (Å²) >= 11 is 6.15. The molecule has 96 valence electrons. The molecule has 0 radical (unpaired) electrons. The van der Waals surface area contributed by atoms with E-state index in [-0.39, 0.29) is 5.69 Å². The molecule has 2 aromatic heterocycles. The van der Waals surface area contributed by atoms with Gasteiger partial charge in [-0.1, -0.05) is 17.7 Å². The van der Waals surface area contributed by atoms with Crippen LogP contribution < -0.4 is 0 Å². The Morgan fingerprint density at radius 1 is 1.42 bits per heavy atom. The fourth-order valence-corrected chi connectivity index (χ4v) is 2.36. The van der Waals surface area contributed by atoms with Crippen LogP contribution in [0.4, 0.5) is 0 Å². The Hall–Kier alpha value is -2.27. The van der Waals surface area contributed by atoms with Gasteiger partial charge in [-0.05, 0) is 18.2 Å². The third kappa shape index (κ3) is 1.79. The minimum absolute atomic E-state index is 0.0614. The number of carbonyl (C=O) groups is 1. The summed E-state index contributed by atoms with van der Waals surface area (Å²) in [5.74, 6) is -1.03. The normalized spacial score (nSPS) is 11.1.